The Bertz CT molecular complexity index is 1210. The van der Waals surface area contributed by atoms with Crippen molar-refractivity contribution in [3.8, 4) is 0 Å². The molecule has 5 nitrogen and oxygen atoms in total. The lowest BCUT2D eigenvalue weighted by atomic mass is 9.97. The number of hydrogen-bond acceptors (Lipinski definition) is 4. The SMILES string of the molecule is CCN(CC)CCN1C(=O)c2oc3cc(C)c(C)cc3c(=O)c2C1c1cccc(F)c1. The van der Waals surface area contributed by atoms with E-state index in [1.54, 1.807) is 23.1 Å². The van der Waals surface area contributed by atoms with Gasteiger partial charge in [0, 0.05) is 13.1 Å². The quantitative estimate of drug-likeness (QED) is 0.590. The minimum absolute atomic E-state index is 0.0644. The first-order valence-corrected chi connectivity index (χ1v) is 10.7. The summed E-state index contributed by atoms with van der Waals surface area (Å²) >= 11 is 0. The largest absolute Gasteiger partial charge is 0.450 e. The van der Waals surface area contributed by atoms with E-state index in [2.05, 4.69) is 18.7 Å². The molecule has 0 fully saturated rings. The fourth-order valence-electron chi connectivity index (χ4n) is 4.32. The zero-order chi connectivity index (χ0) is 22.3. The van der Waals surface area contributed by atoms with Crippen LogP contribution in [0.15, 0.2) is 45.6 Å². The molecule has 1 aliphatic rings. The molecule has 3 aromatic rings. The number of rotatable bonds is 6. The van der Waals surface area contributed by atoms with Gasteiger partial charge < -0.3 is 14.2 Å². The van der Waals surface area contributed by atoms with Crippen molar-refractivity contribution < 1.29 is 13.6 Å². The number of carbonyl (C=O) groups is 1. The van der Waals surface area contributed by atoms with Crippen LogP contribution in [0.5, 0.6) is 0 Å². The maximum absolute atomic E-state index is 14.1. The van der Waals surface area contributed by atoms with Crippen molar-refractivity contribution in [2.75, 3.05) is 26.2 Å². The second kappa shape index (κ2) is 8.27. The molecule has 0 radical (unpaired) electrons. The van der Waals surface area contributed by atoms with Gasteiger partial charge in [0.1, 0.15) is 11.4 Å². The first kappa shape index (κ1) is 21.2. The average molecular weight is 423 g/mol. The molecule has 1 atom stereocenters. The van der Waals surface area contributed by atoms with Gasteiger partial charge in [-0.05, 0) is 67.9 Å². The van der Waals surface area contributed by atoms with Gasteiger partial charge in [0.15, 0.2) is 5.43 Å². The lowest BCUT2D eigenvalue weighted by molar-refractivity contribution is 0.0708. The third-order valence-electron chi connectivity index (χ3n) is 6.30. The Morgan fingerprint density at radius 3 is 2.45 bits per heavy atom. The van der Waals surface area contributed by atoms with Gasteiger partial charge in [-0.2, -0.15) is 0 Å². The van der Waals surface area contributed by atoms with Crippen LogP contribution in [-0.4, -0.2) is 41.9 Å². The Morgan fingerprint density at radius 2 is 1.77 bits per heavy atom. The van der Waals surface area contributed by atoms with Crippen molar-refractivity contribution in [1.82, 2.24) is 9.80 Å². The predicted octanol–water partition coefficient (Wildman–Crippen LogP) is 4.44. The zero-order valence-electron chi connectivity index (χ0n) is 18.4. The van der Waals surface area contributed by atoms with Crippen molar-refractivity contribution in [3.05, 3.63) is 80.5 Å². The van der Waals surface area contributed by atoms with Gasteiger partial charge >= 0.3 is 0 Å². The van der Waals surface area contributed by atoms with Crippen LogP contribution in [0.1, 0.15) is 52.7 Å². The van der Waals surface area contributed by atoms with Crippen molar-refractivity contribution in [2.45, 2.75) is 33.7 Å². The molecule has 0 saturated carbocycles. The molecule has 2 heterocycles. The topological polar surface area (TPSA) is 53.8 Å². The highest BCUT2D eigenvalue weighted by Crippen LogP contribution is 2.38. The van der Waals surface area contributed by atoms with Gasteiger partial charge in [-0.3, -0.25) is 9.59 Å². The van der Waals surface area contributed by atoms with Crippen LogP contribution in [0.3, 0.4) is 0 Å². The highest BCUT2D eigenvalue weighted by molar-refractivity contribution is 5.99. The second-order valence-electron chi connectivity index (χ2n) is 8.09. The van der Waals surface area contributed by atoms with Crippen molar-refractivity contribution in [2.24, 2.45) is 0 Å². The maximum Gasteiger partial charge on any atom is 0.290 e. The Labute approximate surface area is 181 Å². The molecule has 1 aromatic heterocycles. The number of nitrogens with zero attached hydrogens (tertiary/aromatic N) is 2. The fourth-order valence-corrected chi connectivity index (χ4v) is 4.32. The third kappa shape index (κ3) is 3.65. The molecule has 162 valence electrons. The van der Waals surface area contributed by atoms with Crippen LogP contribution in [-0.2, 0) is 0 Å². The normalized spacial score (nSPS) is 15.9. The van der Waals surface area contributed by atoms with Crippen LogP contribution in [0.25, 0.3) is 11.0 Å². The Hall–Kier alpha value is -2.99. The Kier molecular flexibility index (Phi) is 5.67. The molecular weight excluding hydrogens is 395 g/mol. The van der Waals surface area contributed by atoms with E-state index in [4.69, 9.17) is 4.42 Å². The molecule has 2 aromatic carbocycles. The third-order valence-corrected chi connectivity index (χ3v) is 6.30. The summed E-state index contributed by atoms with van der Waals surface area (Å²) in [5, 5.41) is 0.446. The lowest BCUT2D eigenvalue weighted by Crippen LogP contribution is -2.37. The summed E-state index contributed by atoms with van der Waals surface area (Å²) in [6.07, 6.45) is 0. The molecule has 1 aliphatic heterocycles. The van der Waals surface area contributed by atoms with Crippen LogP contribution in [0, 0.1) is 19.7 Å². The molecular formula is C25H27FN2O3. The summed E-state index contributed by atoms with van der Waals surface area (Å²) in [4.78, 5) is 30.8. The monoisotopic (exact) mass is 422 g/mol. The Balaban J connectivity index is 1.90. The van der Waals surface area contributed by atoms with Gasteiger partial charge in [0.05, 0.1) is 17.0 Å². The number of amides is 1. The van der Waals surface area contributed by atoms with E-state index in [9.17, 15) is 14.0 Å². The molecule has 4 rings (SSSR count). The molecule has 1 unspecified atom stereocenters. The number of fused-ring (bicyclic) bond motifs is 2. The second-order valence-corrected chi connectivity index (χ2v) is 8.09. The average Bonchev–Trinajstić information content (AvgIpc) is 3.03. The Morgan fingerprint density at radius 1 is 1.06 bits per heavy atom. The smallest absolute Gasteiger partial charge is 0.290 e. The standard InChI is InChI=1S/C25H27FN2O3/c1-5-27(6-2)10-11-28-22(17-8-7-9-18(26)14-17)21-23(29)19-12-15(3)16(4)13-20(19)31-24(21)25(28)30/h7-9,12-14,22H,5-6,10-11H2,1-4H3. The van der Waals surface area contributed by atoms with E-state index < -0.39 is 11.9 Å². The minimum Gasteiger partial charge on any atom is -0.450 e. The van der Waals surface area contributed by atoms with Gasteiger partial charge in [-0.1, -0.05) is 26.0 Å². The first-order chi connectivity index (χ1) is 14.8. The molecule has 6 heteroatoms. The van der Waals surface area contributed by atoms with E-state index in [1.165, 1.54) is 12.1 Å². The number of carbonyl (C=O) groups excluding carboxylic acids is 1. The van der Waals surface area contributed by atoms with Gasteiger partial charge in [0.25, 0.3) is 5.91 Å². The van der Waals surface area contributed by atoms with Crippen LogP contribution in [0.4, 0.5) is 4.39 Å². The predicted molar refractivity (Wildman–Crippen MR) is 119 cm³/mol. The van der Waals surface area contributed by atoms with E-state index in [0.29, 0.717) is 35.2 Å². The summed E-state index contributed by atoms with van der Waals surface area (Å²) < 4.78 is 20.1. The van der Waals surface area contributed by atoms with E-state index in [0.717, 1.165) is 24.2 Å². The van der Waals surface area contributed by atoms with E-state index >= 15 is 0 Å². The molecule has 0 N–H and O–H groups in total. The van der Waals surface area contributed by atoms with Crippen LogP contribution < -0.4 is 5.43 Å². The van der Waals surface area contributed by atoms with Crippen LogP contribution in [0.2, 0.25) is 0 Å². The number of benzene rings is 2. The van der Waals surface area contributed by atoms with Crippen molar-refractivity contribution in [3.63, 3.8) is 0 Å². The van der Waals surface area contributed by atoms with Crippen molar-refractivity contribution in [1.29, 1.82) is 0 Å². The molecule has 0 aliphatic carbocycles. The number of aryl methyl sites for hydroxylation is 2. The zero-order valence-corrected chi connectivity index (χ0v) is 18.4. The van der Waals surface area contributed by atoms with E-state index in [1.807, 2.05) is 19.9 Å². The number of halogens is 1. The summed E-state index contributed by atoms with van der Waals surface area (Å²) in [5.74, 6) is -0.665. The van der Waals surface area contributed by atoms with Gasteiger partial charge in [-0.15, -0.1) is 0 Å². The molecule has 0 spiro atoms. The highest BCUT2D eigenvalue weighted by Gasteiger charge is 2.42. The molecule has 0 bridgehead atoms. The van der Waals surface area contributed by atoms with E-state index in [-0.39, 0.29) is 17.1 Å². The fraction of sp³-hybridized carbons (Fsp3) is 0.360. The summed E-state index contributed by atoms with van der Waals surface area (Å²) in [6, 6.07) is 9.04. The lowest BCUT2D eigenvalue weighted by Gasteiger charge is -2.28. The number of likely N-dealkylation sites (N-methyl/N-ethyl adjacent to an activating group) is 1. The van der Waals surface area contributed by atoms with Gasteiger partial charge in [-0.25, -0.2) is 4.39 Å². The van der Waals surface area contributed by atoms with Crippen molar-refractivity contribution >= 4 is 16.9 Å². The summed E-state index contributed by atoms with van der Waals surface area (Å²) in [5.41, 5.74) is 3.01. The van der Waals surface area contributed by atoms with Crippen LogP contribution >= 0.6 is 0 Å². The minimum atomic E-state index is -0.670. The summed E-state index contributed by atoms with van der Waals surface area (Å²) in [6.45, 7) is 10.8. The van der Waals surface area contributed by atoms with Gasteiger partial charge in [0.2, 0.25) is 5.76 Å². The molecule has 1 amide bonds. The highest BCUT2D eigenvalue weighted by atomic mass is 19.1. The molecule has 31 heavy (non-hydrogen) atoms. The number of hydrogen-bond donors (Lipinski definition) is 0. The summed E-state index contributed by atoms with van der Waals surface area (Å²) in [7, 11) is 0. The molecule has 0 saturated heterocycles. The maximum atomic E-state index is 14.1. The first-order valence-electron chi connectivity index (χ1n) is 10.7.